The van der Waals surface area contributed by atoms with E-state index in [1.54, 1.807) is 35.5 Å². The second kappa shape index (κ2) is 5.07. The van der Waals surface area contributed by atoms with Gasteiger partial charge >= 0.3 is 5.69 Å². The van der Waals surface area contributed by atoms with Gasteiger partial charge in [0.1, 0.15) is 0 Å². The zero-order valence-corrected chi connectivity index (χ0v) is 12.2. The number of hydrogen-bond acceptors (Lipinski definition) is 4. The smallest absolute Gasteiger partial charge is 0.328 e. The van der Waals surface area contributed by atoms with Gasteiger partial charge in [-0.25, -0.2) is 4.79 Å². The first kappa shape index (κ1) is 13.9. The normalized spacial score (nSPS) is 11.5. The molecule has 0 aliphatic rings. The molecule has 0 saturated heterocycles. The van der Waals surface area contributed by atoms with Gasteiger partial charge in [-0.3, -0.25) is 14.1 Å². The van der Waals surface area contributed by atoms with E-state index in [1.165, 1.54) is 12.1 Å². The lowest BCUT2D eigenvalue weighted by atomic mass is 10.2. The van der Waals surface area contributed by atoms with E-state index in [9.17, 15) is 15.0 Å². The summed E-state index contributed by atoms with van der Waals surface area (Å²) in [6.07, 6.45) is 1.58. The van der Waals surface area contributed by atoms with Crippen LogP contribution in [0.4, 0.5) is 5.69 Å². The first-order chi connectivity index (χ1) is 10.5. The van der Waals surface area contributed by atoms with E-state index in [0.717, 1.165) is 11.0 Å². The summed E-state index contributed by atoms with van der Waals surface area (Å²) in [5, 5.41) is 18.7. The van der Waals surface area contributed by atoms with Crippen LogP contribution in [0.5, 0.6) is 11.5 Å². The highest BCUT2D eigenvalue weighted by Gasteiger charge is 2.07. The molecule has 2 aromatic carbocycles. The summed E-state index contributed by atoms with van der Waals surface area (Å²) in [6, 6.07) is 9.97. The monoisotopic (exact) mass is 297 g/mol. The molecule has 6 heteroatoms. The van der Waals surface area contributed by atoms with Gasteiger partial charge in [-0.05, 0) is 42.0 Å². The third-order valence-corrected chi connectivity index (χ3v) is 3.62. The number of phenolic OH excluding ortho intramolecular Hbond substituents is 2. The van der Waals surface area contributed by atoms with Gasteiger partial charge in [-0.2, -0.15) is 0 Å². The van der Waals surface area contributed by atoms with Crippen molar-refractivity contribution in [1.82, 2.24) is 9.13 Å². The topological polar surface area (TPSA) is 79.8 Å². The van der Waals surface area contributed by atoms with Crippen LogP contribution in [0.25, 0.3) is 11.0 Å². The Kier molecular flexibility index (Phi) is 3.21. The average Bonchev–Trinajstić information content (AvgIpc) is 2.73. The fraction of sp³-hybridized carbons (Fsp3) is 0.125. The Balaban J connectivity index is 2.00. The van der Waals surface area contributed by atoms with Crippen molar-refractivity contribution < 1.29 is 10.2 Å². The van der Waals surface area contributed by atoms with Crippen LogP contribution in [0.15, 0.2) is 46.2 Å². The van der Waals surface area contributed by atoms with Gasteiger partial charge in [0.25, 0.3) is 0 Å². The van der Waals surface area contributed by atoms with E-state index in [2.05, 4.69) is 4.99 Å². The Labute approximate surface area is 126 Å². The van der Waals surface area contributed by atoms with Crippen molar-refractivity contribution in [2.75, 3.05) is 0 Å². The predicted molar refractivity (Wildman–Crippen MR) is 85.2 cm³/mol. The highest BCUT2D eigenvalue weighted by Crippen LogP contribution is 2.25. The van der Waals surface area contributed by atoms with Crippen LogP contribution < -0.4 is 5.69 Å². The Bertz CT molecular complexity index is 951. The number of aromatic nitrogens is 2. The van der Waals surface area contributed by atoms with Crippen LogP contribution in [-0.2, 0) is 14.1 Å². The summed E-state index contributed by atoms with van der Waals surface area (Å²) in [4.78, 5) is 16.2. The number of rotatable bonds is 2. The van der Waals surface area contributed by atoms with E-state index in [0.29, 0.717) is 11.3 Å². The van der Waals surface area contributed by atoms with E-state index in [-0.39, 0.29) is 17.2 Å². The molecule has 3 aromatic rings. The van der Waals surface area contributed by atoms with Gasteiger partial charge in [0.2, 0.25) is 0 Å². The molecule has 0 fully saturated rings. The molecule has 0 saturated carbocycles. The molecule has 112 valence electrons. The number of nitrogens with zero attached hydrogens (tertiary/aromatic N) is 3. The van der Waals surface area contributed by atoms with Crippen LogP contribution in [0.2, 0.25) is 0 Å². The number of phenols is 2. The highest BCUT2D eigenvalue weighted by molar-refractivity contribution is 5.85. The van der Waals surface area contributed by atoms with Gasteiger partial charge in [-0.15, -0.1) is 0 Å². The zero-order valence-electron chi connectivity index (χ0n) is 12.2. The van der Waals surface area contributed by atoms with Gasteiger partial charge in [0.05, 0.1) is 16.7 Å². The fourth-order valence-electron chi connectivity index (χ4n) is 2.35. The number of fused-ring (bicyclic) bond motifs is 1. The number of benzene rings is 2. The molecule has 0 radical (unpaired) electrons. The maximum Gasteiger partial charge on any atom is 0.328 e. The fourth-order valence-corrected chi connectivity index (χ4v) is 2.35. The molecule has 0 aliphatic carbocycles. The third kappa shape index (κ3) is 2.24. The first-order valence-electron chi connectivity index (χ1n) is 6.69. The lowest BCUT2D eigenvalue weighted by molar-refractivity contribution is 0.403. The molecule has 2 N–H and O–H groups in total. The maximum atomic E-state index is 11.9. The zero-order chi connectivity index (χ0) is 15.9. The summed E-state index contributed by atoms with van der Waals surface area (Å²) in [7, 11) is 3.45. The summed E-state index contributed by atoms with van der Waals surface area (Å²) in [5.41, 5.74) is 2.92. The van der Waals surface area contributed by atoms with Gasteiger partial charge < -0.3 is 10.2 Å². The molecule has 1 heterocycles. The molecule has 6 nitrogen and oxygen atoms in total. The minimum Gasteiger partial charge on any atom is -0.504 e. The van der Waals surface area contributed by atoms with Crippen molar-refractivity contribution in [3.05, 3.63) is 52.4 Å². The Morgan fingerprint density at radius 2 is 1.68 bits per heavy atom. The van der Waals surface area contributed by atoms with E-state index < -0.39 is 0 Å². The van der Waals surface area contributed by atoms with Crippen LogP contribution in [0, 0.1) is 0 Å². The molecular weight excluding hydrogens is 282 g/mol. The molecule has 1 aromatic heterocycles. The molecule has 0 spiro atoms. The van der Waals surface area contributed by atoms with Crippen molar-refractivity contribution >= 4 is 22.9 Å². The van der Waals surface area contributed by atoms with Crippen LogP contribution >= 0.6 is 0 Å². The van der Waals surface area contributed by atoms with E-state index in [1.807, 2.05) is 18.2 Å². The Morgan fingerprint density at radius 1 is 0.955 bits per heavy atom. The number of aryl methyl sites for hydroxylation is 2. The second-order valence-electron chi connectivity index (χ2n) is 5.08. The molecular formula is C16H15N3O3. The second-order valence-corrected chi connectivity index (χ2v) is 5.08. The largest absolute Gasteiger partial charge is 0.504 e. The van der Waals surface area contributed by atoms with Crippen molar-refractivity contribution in [3.63, 3.8) is 0 Å². The van der Waals surface area contributed by atoms with Gasteiger partial charge in [0, 0.05) is 20.3 Å². The molecule has 0 aliphatic heterocycles. The van der Waals surface area contributed by atoms with Crippen molar-refractivity contribution in [2.45, 2.75) is 0 Å². The summed E-state index contributed by atoms with van der Waals surface area (Å²) < 4.78 is 3.15. The predicted octanol–water partition coefficient (Wildman–Crippen LogP) is 2.04. The Morgan fingerprint density at radius 3 is 2.41 bits per heavy atom. The highest BCUT2D eigenvalue weighted by atomic mass is 16.3. The van der Waals surface area contributed by atoms with E-state index in [4.69, 9.17) is 0 Å². The van der Waals surface area contributed by atoms with E-state index >= 15 is 0 Å². The van der Waals surface area contributed by atoms with Crippen LogP contribution in [-0.4, -0.2) is 25.6 Å². The average molecular weight is 297 g/mol. The standard InChI is InChI=1S/C16H15N3O3/c1-18-12-5-4-11(8-13(12)19(2)16(18)22)17-9-10-3-6-14(20)15(21)7-10/h3-9,20-21H,1-2H3. The van der Waals surface area contributed by atoms with Crippen LogP contribution in [0.3, 0.4) is 0 Å². The van der Waals surface area contributed by atoms with Crippen molar-refractivity contribution in [2.24, 2.45) is 19.1 Å². The van der Waals surface area contributed by atoms with Crippen LogP contribution in [0.1, 0.15) is 5.56 Å². The number of aliphatic imine (C=N–C) groups is 1. The summed E-state index contributed by atoms with van der Waals surface area (Å²) in [6.45, 7) is 0. The number of hydrogen-bond donors (Lipinski definition) is 2. The number of imidazole rings is 1. The lowest BCUT2D eigenvalue weighted by Crippen LogP contribution is -2.19. The minimum absolute atomic E-state index is 0.0837. The number of aromatic hydroxyl groups is 2. The van der Waals surface area contributed by atoms with Gasteiger partial charge in [0.15, 0.2) is 11.5 Å². The molecule has 0 atom stereocenters. The van der Waals surface area contributed by atoms with Crippen molar-refractivity contribution in [3.8, 4) is 11.5 Å². The maximum absolute atomic E-state index is 11.9. The quantitative estimate of drug-likeness (QED) is 0.561. The van der Waals surface area contributed by atoms with Gasteiger partial charge in [-0.1, -0.05) is 0 Å². The molecule has 0 bridgehead atoms. The Hall–Kier alpha value is -3.02. The molecule has 22 heavy (non-hydrogen) atoms. The van der Waals surface area contributed by atoms with Crippen molar-refractivity contribution in [1.29, 1.82) is 0 Å². The summed E-state index contributed by atoms with van der Waals surface area (Å²) in [5.74, 6) is -0.359. The third-order valence-electron chi connectivity index (χ3n) is 3.62. The summed E-state index contributed by atoms with van der Waals surface area (Å²) >= 11 is 0. The minimum atomic E-state index is -0.190. The SMILES string of the molecule is Cn1c(=O)n(C)c2cc(N=Cc3ccc(O)c(O)c3)ccc21. The molecule has 0 unspecified atom stereocenters. The lowest BCUT2D eigenvalue weighted by Gasteiger charge is -1.99. The molecule has 3 rings (SSSR count). The molecule has 0 amide bonds. The first-order valence-corrected chi connectivity index (χ1v) is 6.69.